The second-order valence-corrected chi connectivity index (χ2v) is 8.55. The molecular formula is C21H18ClN5O2S. The number of para-hydroxylation sites is 1. The van der Waals surface area contributed by atoms with Gasteiger partial charge < -0.3 is 15.4 Å². The van der Waals surface area contributed by atoms with Crippen molar-refractivity contribution in [2.24, 2.45) is 0 Å². The highest BCUT2D eigenvalue weighted by Crippen LogP contribution is 2.47. The summed E-state index contributed by atoms with van der Waals surface area (Å²) in [7, 11) is 0. The van der Waals surface area contributed by atoms with Gasteiger partial charge in [-0.05, 0) is 30.7 Å². The van der Waals surface area contributed by atoms with E-state index in [2.05, 4.69) is 32.7 Å². The molecule has 2 aliphatic heterocycles. The summed E-state index contributed by atoms with van der Waals surface area (Å²) in [4.78, 5) is 17.8. The number of thioether (sulfide) groups is 1. The van der Waals surface area contributed by atoms with E-state index >= 15 is 0 Å². The Bertz CT molecular complexity index is 1160. The average molecular weight is 440 g/mol. The lowest BCUT2D eigenvalue weighted by Gasteiger charge is -2.28. The van der Waals surface area contributed by atoms with Crippen molar-refractivity contribution in [2.75, 3.05) is 16.4 Å². The summed E-state index contributed by atoms with van der Waals surface area (Å²) in [5.41, 5.74) is 1.67. The van der Waals surface area contributed by atoms with E-state index in [4.69, 9.17) is 16.3 Å². The van der Waals surface area contributed by atoms with Gasteiger partial charge in [-0.3, -0.25) is 4.79 Å². The Morgan fingerprint density at radius 2 is 2.03 bits per heavy atom. The molecule has 1 atom stereocenters. The van der Waals surface area contributed by atoms with E-state index in [9.17, 15) is 4.79 Å². The van der Waals surface area contributed by atoms with E-state index in [0.717, 1.165) is 24.2 Å². The molecule has 1 aromatic heterocycles. The van der Waals surface area contributed by atoms with Crippen LogP contribution in [0.1, 0.15) is 25.3 Å². The largest absolute Gasteiger partial charge is 0.435 e. The molecule has 3 aromatic rings. The molecule has 3 heterocycles. The lowest BCUT2D eigenvalue weighted by atomic mass is 10.0. The van der Waals surface area contributed by atoms with E-state index in [0.29, 0.717) is 32.8 Å². The second kappa shape index (κ2) is 7.45. The molecule has 0 saturated heterocycles. The molecule has 0 aliphatic carbocycles. The first-order valence-electron chi connectivity index (χ1n) is 9.66. The Morgan fingerprint density at radius 1 is 1.17 bits per heavy atom. The van der Waals surface area contributed by atoms with Crippen LogP contribution < -0.4 is 15.4 Å². The number of fused-ring (bicyclic) bond motifs is 5. The molecule has 0 fully saturated rings. The zero-order valence-corrected chi connectivity index (χ0v) is 17.7. The summed E-state index contributed by atoms with van der Waals surface area (Å²) < 4.78 is 6.32. The number of benzene rings is 2. The Labute approximate surface area is 182 Å². The van der Waals surface area contributed by atoms with Crippen molar-refractivity contribution < 1.29 is 9.53 Å². The SMILES string of the molecule is CCCCSc1nnc2c(n1)OC1(Nc3ccccc3-2)C(=O)Nc2ccc(Cl)cc21. The van der Waals surface area contributed by atoms with Crippen LogP contribution in [0.25, 0.3) is 11.3 Å². The highest BCUT2D eigenvalue weighted by atomic mass is 35.5. The van der Waals surface area contributed by atoms with Crippen molar-refractivity contribution in [3.63, 3.8) is 0 Å². The molecule has 0 bridgehead atoms. The van der Waals surface area contributed by atoms with Crippen molar-refractivity contribution >= 4 is 40.6 Å². The molecular weight excluding hydrogens is 422 g/mol. The third-order valence-electron chi connectivity index (χ3n) is 5.04. The molecule has 0 radical (unpaired) electrons. The lowest BCUT2D eigenvalue weighted by molar-refractivity contribution is -0.128. The molecule has 30 heavy (non-hydrogen) atoms. The van der Waals surface area contributed by atoms with E-state index in [1.807, 2.05) is 24.3 Å². The van der Waals surface area contributed by atoms with E-state index < -0.39 is 5.72 Å². The average Bonchev–Trinajstić information content (AvgIpc) is 2.91. The summed E-state index contributed by atoms with van der Waals surface area (Å²) in [6.07, 6.45) is 2.13. The van der Waals surface area contributed by atoms with Crippen LogP contribution in [-0.4, -0.2) is 26.8 Å². The van der Waals surface area contributed by atoms with Crippen LogP contribution in [0.4, 0.5) is 11.4 Å². The van der Waals surface area contributed by atoms with Gasteiger partial charge in [0.15, 0.2) is 5.69 Å². The number of aromatic nitrogens is 3. The van der Waals surface area contributed by atoms with Gasteiger partial charge >= 0.3 is 0 Å². The third kappa shape index (κ3) is 3.07. The first-order chi connectivity index (χ1) is 14.6. The predicted octanol–water partition coefficient (Wildman–Crippen LogP) is 4.69. The summed E-state index contributed by atoms with van der Waals surface area (Å²) in [5.74, 6) is 0.793. The van der Waals surface area contributed by atoms with Gasteiger partial charge in [0.05, 0.1) is 11.3 Å². The summed E-state index contributed by atoms with van der Waals surface area (Å²) in [6.45, 7) is 2.13. The number of amides is 1. The lowest BCUT2D eigenvalue weighted by Crippen LogP contribution is -2.47. The fraction of sp³-hybridized carbons (Fsp3) is 0.238. The highest BCUT2D eigenvalue weighted by Gasteiger charge is 2.52. The quantitative estimate of drug-likeness (QED) is 0.450. The minimum atomic E-state index is -1.51. The molecule has 9 heteroatoms. The highest BCUT2D eigenvalue weighted by molar-refractivity contribution is 7.99. The van der Waals surface area contributed by atoms with Gasteiger partial charge in [0, 0.05) is 22.0 Å². The Hall–Kier alpha value is -2.84. The minimum absolute atomic E-state index is 0.254. The number of ether oxygens (including phenoxy) is 1. The third-order valence-corrected chi connectivity index (χ3v) is 6.19. The monoisotopic (exact) mass is 439 g/mol. The first-order valence-corrected chi connectivity index (χ1v) is 11.0. The van der Waals surface area contributed by atoms with Crippen molar-refractivity contribution in [1.29, 1.82) is 0 Å². The van der Waals surface area contributed by atoms with Crippen LogP contribution in [0.3, 0.4) is 0 Å². The maximum Gasteiger partial charge on any atom is 0.295 e. The summed E-state index contributed by atoms with van der Waals surface area (Å²) in [5, 5.41) is 15.8. The summed E-state index contributed by atoms with van der Waals surface area (Å²) >= 11 is 7.77. The van der Waals surface area contributed by atoms with Crippen LogP contribution in [0, 0.1) is 0 Å². The number of nitrogens with one attached hydrogen (secondary N) is 2. The van der Waals surface area contributed by atoms with Crippen molar-refractivity contribution in [2.45, 2.75) is 30.6 Å². The molecule has 152 valence electrons. The molecule has 2 aromatic carbocycles. The fourth-order valence-electron chi connectivity index (χ4n) is 3.54. The zero-order valence-electron chi connectivity index (χ0n) is 16.1. The fourth-order valence-corrected chi connectivity index (χ4v) is 4.57. The van der Waals surface area contributed by atoms with Gasteiger partial charge in [0.2, 0.25) is 11.0 Å². The van der Waals surface area contributed by atoms with Gasteiger partial charge in [-0.15, -0.1) is 10.2 Å². The number of anilines is 2. The zero-order chi connectivity index (χ0) is 20.7. The molecule has 5 rings (SSSR count). The number of halogens is 1. The molecule has 2 aliphatic rings. The number of carbonyl (C=O) groups is 1. The Kier molecular flexibility index (Phi) is 4.75. The van der Waals surface area contributed by atoms with Crippen molar-refractivity contribution in [3.8, 4) is 17.1 Å². The number of hydrogen-bond donors (Lipinski definition) is 2. The predicted molar refractivity (Wildman–Crippen MR) is 117 cm³/mol. The smallest absolute Gasteiger partial charge is 0.295 e. The standard InChI is InChI=1S/C21H18ClN5O2S/c1-2-3-10-30-20-24-18-17(26-27-20)13-6-4-5-7-15(13)25-21(29-18)14-11-12(22)8-9-16(14)23-19(21)28/h4-9,11,25H,2-3,10H2,1H3,(H,23,28). The van der Waals surface area contributed by atoms with Crippen LogP contribution in [0.2, 0.25) is 5.02 Å². The van der Waals surface area contributed by atoms with Crippen LogP contribution in [0.15, 0.2) is 47.6 Å². The minimum Gasteiger partial charge on any atom is -0.435 e. The van der Waals surface area contributed by atoms with Gasteiger partial charge in [0.25, 0.3) is 11.6 Å². The van der Waals surface area contributed by atoms with Crippen LogP contribution >= 0.6 is 23.4 Å². The maximum atomic E-state index is 13.2. The van der Waals surface area contributed by atoms with E-state index in [-0.39, 0.29) is 11.8 Å². The maximum absolute atomic E-state index is 13.2. The number of nitrogens with zero attached hydrogens (tertiary/aromatic N) is 3. The van der Waals surface area contributed by atoms with Gasteiger partial charge in [-0.25, -0.2) is 0 Å². The van der Waals surface area contributed by atoms with Gasteiger partial charge in [-0.1, -0.05) is 54.9 Å². The van der Waals surface area contributed by atoms with Gasteiger partial charge in [0.1, 0.15) is 0 Å². The number of unbranched alkanes of at least 4 members (excludes halogenated alkanes) is 1. The second-order valence-electron chi connectivity index (χ2n) is 7.05. The topological polar surface area (TPSA) is 89.0 Å². The molecule has 1 unspecified atom stereocenters. The van der Waals surface area contributed by atoms with Crippen molar-refractivity contribution in [3.05, 3.63) is 53.1 Å². The Morgan fingerprint density at radius 3 is 2.90 bits per heavy atom. The van der Waals surface area contributed by atoms with Crippen LogP contribution in [0.5, 0.6) is 5.88 Å². The molecule has 1 amide bonds. The van der Waals surface area contributed by atoms with Crippen molar-refractivity contribution in [1.82, 2.24) is 15.2 Å². The Balaban J connectivity index is 1.67. The van der Waals surface area contributed by atoms with E-state index in [1.54, 1.807) is 18.2 Å². The molecule has 2 N–H and O–H groups in total. The molecule has 0 saturated carbocycles. The molecule has 7 nitrogen and oxygen atoms in total. The normalized spacial score (nSPS) is 18.5. The number of carbonyl (C=O) groups excluding carboxylic acids is 1. The van der Waals surface area contributed by atoms with E-state index in [1.165, 1.54) is 11.8 Å². The number of hydrogen-bond acceptors (Lipinski definition) is 7. The first kappa shape index (κ1) is 19.1. The number of rotatable bonds is 4. The van der Waals surface area contributed by atoms with Gasteiger partial charge in [-0.2, -0.15) is 4.98 Å². The van der Waals surface area contributed by atoms with Crippen LogP contribution in [-0.2, 0) is 10.5 Å². The molecule has 1 spiro atoms. The summed E-state index contributed by atoms with van der Waals surface area (Å²) in [6, 6.07) is 12.8.